The molecule has 0 saturated carbocycles. The van der Waals surface area contributed by atoms with Crippen molar-refractivity contribution < 1.29 is 4.74 Å². The van der Waals surface area contributed by atoms with Gasteiger partial charge in [-0.05, 0) is 24.5 Å². The molecule has 1 N–H and O–H groups in total. The molecule has 1 aromatic carbocycles. The third-order valence-corrected chi connectivity index (χ3v) is 3.48. The van der Waals surface area contributed by atoms with Crippen molar-refractivity contribution in [3.8, 4) is 0 Å². The number of nitrogens with one attached hydrogen (secondary N) is 1. The fraction of sp³-hybridized carbons (Fsp3) is 0.647. The third-order valence-electron chi connectivity index (χ3n) is 3.48. The summed E-state index contributed by atoms with van der Waals surface area (Å²) < 4.78 is 5.11. The standard InChI is InChI=1S/C17H29NO/c1-4-5-6-7-8-15(2)18-13-16-9-11-17(12-10-16)14-19-3/h9-12,15,18H,4-8,13-14H2,1-3H3. The van der Waals surface area contributed by atoms with Gasteiger partial charge in [-0.2, -0.15) is 0 Å². The number of ether oxygens (including phenoxy) is 1. The lowest BCUT2D eigenvalue weighted by Crippen LogP contribution is -2.25. The van der Waals surface area contributed by atoms with E-state index in [0.717, 1.165) is 6.54 Å². The van der Waals surface area contributed by atoms with Crippen LogP contribution < -0.4 is 5.32 Å². The van der Waals surface area contributed by atoms with Crippen molar-refractivity contribution in [3.63, 3.8) is 0 Å². The first-order chi connectivity index (χ1) is 9.26. The van der Waals surface area contributed by atoms with Crippen LogP contribution in [0.25, 0.3) is 0 Å². The van der Waals surface area contributed by atoms with Crippen LogP contribution in [0.4, 0.5) is 0 Å². The Morgan fingerprint density at radius 2 is 1.74 bits per heavy atom. The number of rotatable bonds is 10. The van der Waals surface area contributed by atoms with Crippen LogP contribution in [0.5, 0.6) is 0 Å². The first-order valence-corrected chi connectivity index (χ1v) is 7.56. The Balaban J connectivity index is 2.20. The van der Waals surface area contributed by atoms with Gasteiger partial charge in [0.1, 0.15) is 0 Å². The van der Waals surface area contributed by atoms with Crippen molar-refractivity contribution in [2.75, 3.05) is 7.11 Å². The van der Waals surface area contributed by atoms with Crippen molar-refractivity contribution in [2.45, 2.75) is 65.1 Å². The van der Waals surface area contributed by atoms with Gasteiger partial charge in [0.05, 0.1) is 6.61 Å². The smallest absolute Gasteiger partial charge is 0.0713 e. The minimum atomic E-state index is 0.607. The zero-order valence-corrected chi connectivity index (χ0v) is 12.7. The molecule has 1 aromatic rings. The number of hydrogen-bond donors (Lipinski definition) is 1. The average Bonchev–Trinajstić information content (AvgIpc) is 2.43. The van der Waals surface area contributed by atoms with Crippen LogP contribution in [-0.2, 0) is 17.9 Å². The van der Waals surface area contributed by atoms with E-state index in [1.165, 1.54) is 43.2 Å². The first kappa shape index (κ1) is 16.2. The summed E-state index contributed by atoms with van der Waals surface area (Å²) in [6.07, 6.45) is 6.67. The Bertz CT molecular complexity index is 321. The van der Waals surface area contributed by atoms with Crippen molar-refractivity contribution in [1.82, 2.24) is 5.32 Å². The van der Waals surface area contributed by atoms with Crippen molar-refractivity contribution in [2.24, 2.45) is 0 Å². The number of methoxy groups -OCH3 is 1. The highest BCUT2D eigenvalue weighted by molar-refractivity contribution is 5.21. The summed E-state index contributed by atoms with van der Waals surface area (Å²) in [5, 5.41) is 3.60. The van der Waals surface area contributed by atoms with Crippen molar-refractivity contribution in [1.29, 1.82) is 0 Å². The summed E-state index contributed by atoms with van der Waals surface area (Å²) >= 11 is 0. The summed E-state index contributed by atoms with van der Waals surface area (Å²) in [5.41, 5.74) is 2.58. The topological polar surface area (TPSA) is 21.3 Å². The third kappa shape index (κ3) is 7.34. The fourth-order valence-electron chi connectivity index (χ4n) is 2.19. The highest BCUT2D eigenvalue weighted by Crippen LogP contribution is 2.08. The van der Waals surface area contributed by atoms with Crippen LogP contribution in [0.2, 0.25) is 0 Å². The Kier molecular flexibility index (Phi) is 8.52. The second kappa shape index (κ2) is 9.99. The maximum absolute atomic E-state index is 5.11. The van der Waals surface area contributed by atoms with Crippen LogP contribution >= 0.6 is 0 Å². The summed E-state index contributed by atoms with van der Waals surface area (Å²) in [7, 11) is 1.73. The summed E-state index contributed by atoms with van der Waals surface area (Å²) in [6.45, 7) is 6.20. The molecule has 2 heteroatoms. The normalized spacial score (nSPS) is 12.6. The van der Waals surface area contributed by atoms with Gasteiger partial charge in [0.15, 0.2) is 0 Å². The SMILES string of the molecule is CCCCCCC(C)NCc1ccc(COC)cc1. The predicted molar refractivity (Wildman–Crippen MR) is 82.2 cm³/mol. The molecule has 0 amide bonds. The molecule has 0 aliphatic carbocycles. The van der Waals surface area contributed by atoms with Gasteiger partial charge >= 0.3 is 0 Å². The maximum atomic E-state index is 5.11. The van der Waals surface area contributed by atoms with E-state index in [1.807, 2.05) is 0 Å². The van der Waals surface area contributed by atoms with Gasteiger partial charge in [0.25, 0.3) is 0 Å². The number of hydrogen-bond acceptors (Lipinski definition) is 2. The van der Waals surface area contributed by atoms with E-state index in [1.54, 1.807) is 7.11 Å². The first-order valence-electron chi connectivity index (χ1n) is 7.56. The Hall–Kier alpha value is -0.860. The summed E-state index contributed by atoms with van der Waals surface area (Å²) in [6, 6.07) is 9.27. The van der Waals surface area contributed by atoms with Gasteiger partial charge in [-0.15, -0.1) is 0 Å². The molecule has 0 radical (unpaired) electrons. The van der Waals surface area contributed by atoms with E-state index in [0.29, 0.717) is 12.6 Å². The molecule has 1 unspecified atom stereocenters. The predicted octanol–water partition coefficient (Wildman–Crippen LogP) is 4.28. The molecule has 0 fully saturated rings. The molecule has 19 heavy (non-hydrogen) atoms. The van der Waals surface area contributed by atoms with Crippen LogP contribution in [0.3, 0.4) is 0 Å². The van der Waals surface area contributed by atoms with Gasteiger partial charge in [0, 0.05) is 19.7 Å². The molecule has 1 rings (SSSR count). The largest absolute Gasteiger partial charge is 0.380 e. The zero-order chi connectivity index (χ0) is 13.9. The van der Waals surface area contributed by atoms with Crippen LogP contribution in [0.1, 0.15) is 57.1 Å². The molecular weight excluding hydrogens is 234 g/mol. The second-order valence-electron chi connectivity index (χ2n) is 5.38. The molecule has 0 bridgehead atoms. The maximum Gasteiger partial charge on any atom is 0.0713 e. The molecule has 108 valence electrons. The minimum Gasteiger partial charge on any atom is -0.380 e. The monoisotopic (exact) mass is 263 g/mol. The van der Waals surface area contributed by atoms with Crippen LogP contribution in [-0.4, -0.2) is 13.2 Å². The molecular formula is C17H29NO. The minimum absolute atomic E-state index is 0.607. The van der Waals surface area contributed by atoms with E-state index in [4.69, 9.17) is 4.74 Å². The molecule has 0 heterocycles. The van der Waals surface area contributed by atoms with E-state index >= 15 is 0 Å². The molecule has 0 spiro atoms. The highest BCUT2D eigenvalue weighted by atomic mass is 16.5. The Labute approximate surface area is 118 Å². The molecule has 1 atom stereocenters. The quantitative estimate of drug-likeness (QED) is 0.636. The molecule has 0 aliphatic heterocycles. The lowest BCUT2D eigenvalue weighted by molar-refractivity contribution is 0.185. The van der Waals surface area contributed by atoms with Gasteiger partial charge < -0.3 is 10.1 Å². The molecule has 0 saturated heterocycles. The summed E-state index contributed by atoms with van der Waals surface area (Å²) in [5.74, 6) is 0. The highest BCUT2D eigenvalue weighted by Gasteiger charge is 2.01. The van der Waals surface area contributed by atoms with E-state index in [-0.39, 0.29) is 0 Å². The molecule has 0 aromatic heterocycles. The molecule has 0 aliphatic rings. The lowest BCUT2D eigenvalue weighted by Gasteiger charge is -2.14. The lowest BCUT2D eigenvalue weighted by atomic mass is 10.1. The summed E-state index contributed by atoms with van der Waals surface area (Å²) in [4.78, 5) is 0. The zero-order valence-electron chi connectivity index (χ0n) is 12.7. The van der Waals surface area contributed by atoms with Crippen LogP contribution in [0, 0.1) is 0 Å². The van der Waals surface area contributed by atoms with Gasteiger partial charge in [-0.3, -0.25) is 0 Å². The van der Waals surface area contributed by atoms with Gasteiger partial charge in [-0.25, -0.2) is 0 Å². The van der Waals surface area contributed by atoms with E-state index in [9.17, 15) is 0 Å². The van der Waals surface area contributed by atoms with Crippen LogP contribution in [0.15, 0.2) is 24.3 Å². The van der Waals surface area contributed by atoms with Crippen molar-refractivity contribution in [3.05, 3.63) is 35.4 Å². The number of benzene rings is 1. The average molecular weight is 263 g/mol. The second-order valence-corrected chi connectivity index (χ2v) is 5.38. The van der Waals surface area contributed by atoms with Gasteiger partial charge in [-0.1, -0.05) is 56.9 Å². The Morgan fingerprint density at radius 1 is 1.05 bits per heavy atom. The Morgan fingerprint density at radius 3 is 2.37 bits per heavy atom. The van der Waals surface area contributed by atoms with E-state index in [2.05, 4.69) is 43.4 Å². The number of unbranched alkanes of at least 4 members (excludes halogenated alkanes) is 3. The van der Waals surface area contributed by atoms with E-state index < -0.39 is 0 Å². The van der Waals surface area contributed by atoms with Gasteiger partial charge in [0.2, 0.25) is 0 Å². The fourth-order valence-corrected chi connectivity index (χ4v) is 2.19. The van der Waals surface area contributed by atoms with Crippen molar-refractivity contribution >= 4 is 0 Å². The molecule has 2 nitrogen and oxygen atoms in total.